The van der Waals surface area contributed by atoms with Gasteiger partial charge in [-0.15, -0.1) is 12.4 Å². The molecule has 2 atom stereocenters. The Hall–Kier alpha value is -0.280. The van der Waals surface area contributed by atoms with E-state index in [4.69, 9.17) is 5.73 Å². The lowest BCUT2D eigenvalue weighted by molar-refractivity contribution is -0.127. The minimum Gasteiger partial charge on any atom is -0.356 e. The van der Waals surface area contributed by atoms with E-state index in [0.29, 0.717) is 23.3 Å². The van der Waals surface area contributed by atoms with E-state index in [9.17, 15) is 4.79 Å². The van der Waals surface area contributed by atoms with Crippen molar-refractivity contribution in [1.29, 1.82) is 0 Å². The molecule has 4 heteroatoms. The van der Waals surface area contributed by atoms with Crippen molar-refractivity contribution in [1.82, 2.24) is 5.32 Å². The maximum atomic E-state index is 12.3. The van der Waals surface area contributed by atoms with Gasteiger partial charge in [0, 0.05) is 18.5 Å². The number of nitrogens with one attached hydrogen (secondary N) is 1. The Morgan fingerprint density at radius 1 is 1.20 bits per heavy atom. The fourth-order valence-electron chi connectivity index (χ4n) is 3.71. The molecule has 2 saturated carbocycles. The highest BCUT2D eigenvalue weighted by atomic mass is 35.5. The van der Waals surface area contributed by atoms with Crippen LogP contribution in [-0.4, -0.2) is 18.5 Å². The highest BCUT2D eigenvalue weighted by Crippen LogP contribution is 2.41. The van der Waals surface area contributed by atoms with E-state index in [2.05, 4.69) is 26.1 Å². The summed E-state index contributed by atoms with van der Waals surface area (Å²) in [5.74, 6) is 1.67. The molecule has 0 saturated heterocycles. The molecule has 2 bridgehead atoms. The number of nitrogens with two attached hydrogens (primary N) is 1. The first-order valence-electron chi connectivity index (χ1n) is 7.90. The lowest BCUT2D eigenvalue weighted by Gasteiger charge is -2.43. The van der Waals surface area contributed by atoms with Crippen LogP contribution in [0, 0.1) is 23.2 Å². The summed E-state index contributed by atoms with van der Waals surface area (Å²) >= 11 is 0. The fraction of sp³-hybridized carbons (Fsp3) is 0.938. The molecule has 0 aliphatic heterocycles. The fourth-order valence-corrected chi connectivity index (χ4v) is 3.71. The standard InChI is InChI=1S/C16H30N2O.ClH/c1-16(2,3)7-8-18-15(19)13-9-11-5-4-6-12(10-13)14(11)17;/h11-14H,4-10,17H2,1-3H3,(H,18,19);1H. The molecular formula is C16H31ClN2O. The van der Waals surface area contributed by atoms with Crippen molar-refractivity contribution in [3.05, 3.63) is 0 Å². The molecule has 3 N–H and O–H groups in total. The summed E-state index contributed by atoms with van der Waals surface area (Å²) in [6.45, 7) is 7.44. The van der Waals surface area contributed by atoms with Crippen LogP contribution < -0.4 is 11.1 Å². The average molecular weight is 303 g/mol. The van der Waals surface area contributed by atoms with Crippen LogP contribution in [0.2, 0.25) is 0 Å². The van der Waals surface area contributed by atoms with Gasteiger partial charge in [0.05, 0.1) is 0 Å². The lowest BCUT2D eigenvalue weighted by atomic mass is 9.65. The minimum atomic E-state index is 0. The van der Waals surface area contributed by atoms with Gasteiger partial charge in [0.15, 0.2) is 0 Å². The highest BCUT2D eigenvalue weighted by Gasteiger charge is 2.40. The quantitative estimate of drug-likeness (QED) is 0.841. The van der Waals surface area contributed by atoms with Crippen LogP contribution in [0.25, 0.3) is 0 Å². The zero-order valence-electron chi connectivity index (χ0n) is 13.2. The Bertz CT molecular complexity index is 313. The van der Waals surface area contributed by atoms with Crippen LogP contribution in [0.1, 0.15) is 59.3 Å². The Balaban J connectivity index is 0.00000200. The van der Waals surface area contributed by atoms with Gasteiger partial charge in [0.2, 0.25) is 5.91 Å². The minimum absolute atomic E-state index is 0. The summed E-state index contributed by atoms with van der Waals surface area (Å²) in [7, 11) is 0. The monoisotopic (exact) mass is 302 g/mol. The van der Waals surface area contributed by atoms with E-state index in [1.54, 1.807) is 0 Å². The van der Waals surface area contributed by atoms with Gasteiger partial charge in [-0.3, -0.25) is 4.79 Å². The molecule has 2 rings (SSSR count). The zero-order valence-corrected chi connectivity index (χ0v) is 14.0. The summed E-state index contributed by atoms with van der Waals surface area (Å²) in [6, 6.07) is 0.354. The van der Waals surface area contributed by atoms with E-state index in [1.165, 1.54) is 19.3 Å². The van der Waals surface area contributed by atoms with E-state index in [1.807, 2.05) is 0 Å². The van der Waals surface area contributed by atoms with Crippen molar-refractivity contribution < 1.29 is 4.79 Å². The molecule has 2 unspecified atom stereocenters. The van der Waals surface area contributed by atoms with Gasteiger partial charge in [0.1, 0.15) is 0 Å². The number of hydrogen-bond donors (Lipinski definition) is 2. The Morgan fingerprint density at radius 3 is 2.25 bits per heavy atom. The summed E-state index contributed by atoms with van der Waals surface area (Å²) in [5.41, 5.74) is 6.56. The van der Waals surface area contributed by atoms with Gasteiger partial charge in [-0.05, 0) is 49.4 Å². The Labute approximate surface area is 129 Å². The van der Waals surface area contributed by atoms with E-state index in [0.717, 1.165) is 25.8 Å². The van der Waals surface area contributed by atoms with Crippen molar-refractivity contribution in [3.8, 4) is 0 Å². The largest absolute Gasteiger partial charge is 0.356 e. The number of hydrogen-bond acceptors (Lipinski definition) is 2. The van der Waals surface area contributed by atoms with Crippen LogP contribution in [-0.2, 0) is 4.79 Å². The van der Waals surface area contributed by atoms with Gasteiger partial charge >= 0.3 is 0 Å². The third-order valence-corrected chi connectivity index (χ3v) is 4.96. The molecule has 118 valence electrons. The second kappa shape index (κ2) is 7.13. The first kappa shape index (κ1) is 17.8. The first-order valence-corrected chi connectivity index (χ1v) is 7.90. The summed E-state index contributed by atoms with van der Waals surface area (Å²) in [4.78, 5) is 12.3. The van der Waals surface area contributed by atoms with Gasteiger partial charge in [0.25, 0.3) is 0 Å². The second-order valence-corrected chi connectivity index (χ2v) is 7.80. The maximum Gasteiger partial charge on any atom is 0.223 e. The molecule has 2 aliphatic carbocycles. The molecule has 0 aromatic carbocycles. The summed E-state index contributed by atoms with van der Waals surface area (Å²) in [6.07, 6.45) is 6.82. The molecule has 0 spiro atoms. The van der Waals surface area contributed by atoms with Crippen molar-refractivity contribution in [2.75, 3.05) is 6.54 Å². The molecule has 20 heavy (non-hydrogen) atoms. The highest BCUT2D eigenvalue weighted by molar-refractivity contribution is 5.85. The van der Waals surface area contributed by atoms with E-state index >= 15 is 0 Å². The number of amides is 1. The van der Waals surface area contributed by atoms with Crippen molar-refractivity contribution in [2.24, 2.45) is 28.9 Å². The summed E-state index contributed by atoms with van der Waals surface area (Å²) in [5, 5.41) is 3.13. The predicted octanol–water partition coefficient (Wildman–Crippen LogP) is 3.11. The number of fused-ring (bicyclic) bond motifs is 2. The topological polar surface area (TPSA) is 55.1 Å². The number of carbonyl (C=O) groups excluding carboxylic acids is 1. The van der Waals surface area contributed by atoms with Crippen LogP contribution in [0.5, 0.6) is 0 Å². The average Bonchev–Trinajstić information content (AvgIpc) is 2.26. The van der Waals surface area contributed by atoms with Crippen LogP contribution in [0.15, 0.2) is 0 Å². The van der Waals surface area contributed by atoms with Crippen LogP contribution in [0.3, 0.4) is 0 Å². The third-order valence-electron chi connectivity index (χ3n) is 4.96. The molecule has 0 aromatic rings. The smallest absolute Gasteiger partial charge is 0.223 e. The van der Waals surface area contributed by atoms with Crippen molar-refractivity contribution in [3.63, 3.8) is 0 Å². The van der Waals surface area contributed by atoms with Gasteiger partial charge in [-0.25, -0.2) is 0 Å². The number of carbonyl (C=O) groups is 1. The van der Waals surface area contributed by atoms with E-state index < -0.39 is 0 Å². The molecule has 2 aliphatic rings. The lowest BCUT2D eigenvalue weighted by Crippen LogP contribution is -2.49. The molecule has 0 radical (unpaired) electrons. The van der Waals surface area contributed by atoms with Gasteiger partial charge in [-0.1, -0.05) is 27.2 Å². The van der Waals surface area contributed by atoms with Crippen LogP contribution in [0.4, 0.5) is 0 Å². The Kier molecular flexibility index (Phi) is 6.33. The number of rotatable bonds is 3. The van der Waals surface area contributed by atoms with Crippen LogP contribution >= 0.6 is 12.4 Å². The Morgan fingerprint density at radius 2 is 1.75 bits per heavy atom. The molecular weight excluding hydrogens is 272 g/mol. The first-order chi connectivity index (χ1) is 8.87. The second-order valence-electron chi connectivity index (χ2n) is 7.80. The molecule has 0 aromatic heterocycles. The maximum absolute atomic E-state index is 12.3. The zero-order chi connectivity index (χ0) is 14.0. The molecule has 0 heterocycles. The van der Waals surface area contributed by atoms with E-state index in [-0.39, 0.29) is 24.2 Å². The van der Waals surface area contributed by atoms with Crippen molar-refractivity contribution >= 4 is 18.3 Å². The molecule has 2 fully saturated rings. The number of halogens is 1. The third kappa shape index (κ3) is 4.63. The van der Waals surface area contributed by atoms with Crippen molar-refractivity contribution in [2.45, 2.75) is 65.3 Å². The molecule has 1 amide bonds. The normalized spacial score (nSPS) is 33.2. The SMILES string of the molecule is CC(C)(C)CCNC(=O)C1CC2CCCC(C1)C2N.Cl. The summed E-state index contributed by atoms with van der Waals surface area (Å²) < 4.78 is 0. The van der Waals surface area contributed by atoms with Gasteiger partial charge in [-0.2, -0.15) is 0 Å². The predicted molar refractivity (Wildman–Crippen MR) is 85.9 cm³/mol. The molecule has 3 nitrogen and oxygen atoms in total. The van der Waals surface area contributed by atoms with Gasteiger partial charge < -0.3 is 11.1 Å².